The quantitative estimate of drug-likeness (QED) is 0.911. The van der Waals surface area contributed by atoms with Crippen LogP contribution in [0.2, 0.25) is 0 Å². The van der Waals surface area contributed by atoms with E-state index in [0.29, 0.717) is 17.7 Å². The molecule has 2 aromatic rings. The van der Waals surface area contributed by atoms with Crippen LogP contribution in [0.5, 0.6) is 0 Å². The van der Waals surface area contributed by atoms with Crippen LogP contribution in [0.1, 0.15) is 44.9 Å². The number of thiophene rings is 1. The lowest BCUT2D eigenvalue weighted by molar-refractivity contribution is 0.469. The first-order chi connectivity index (χ1) is 10.3. The fourth-order valence-corrected chi connectivity index (χ4v) is 3.48. The molecule has 1 aliphatic carbocycles. The van der Waals surface area contributed by atoms with E-state index in [1.54, 1.807) is 0 Å². The molecular formula is C15H20N4OS. The van der Waals surface area contributed by atoms with Crippen molar-refractivity contribution in [1.29, 1.82) is 0 Å². The molecule has 5 nitrogen and oxygen atoms in total. The van der Waals surface area contributed by atoms with Crippen LogP contribution in [0.15, 0.2) is 22.3 Å². The number of rotatable bonds is 3. The van der Waals surface area contributed by atoms with Crippen molar-refractivity contribution in [2.75, 3.05) is 5.32 Å². The molecule has 3 rings (SSSR count). The first-order valence-electron chi connectivity index (χ1n) is 7.60. The summed E-state index contributed by atoms with van der Waals surface area (Å²) in [6.07, 6.45) is 8.70. The summed E-state index contributed by atoms with van der Waals surface area (Å²) in [5.41, 5.74) is 0.217. The number of hydrogen-bond acceptors (Lipinski definition) is 5. The van der Waals surface area contributed by atoms with E-state index in [0.717, 1.165) is 17.7 Å². The van der Waals surface area contributed by atoms with Crippen LogP contribution in [-0.4, -0.2) is 21.2 Å². The number of aromatic nitrogens is 3. The maximum absolute atomic E-state index is 12.1. The summed E-state index contributed by atoms with van der Waals surface area (Å²) in [6.45, 7) is 0. The second-order valence-electron chi connectivity index (χ2n) is 5.52. The van der Waals surface area contributed by atoms with Crippen molar-refractivity contribution in [3.05, 3.63) is 27.9 Å². The van der Waals surface area contributed by atoms with Gasteiger partial charge in [0.05, 0.1) is 4.88 Å². The summed E-state index contributed by atoms with van der Waals surface area (Å²) in [7, 11) is 0. The van der Waals surface area contributed by atoms with Gasteiger partial charge in [0.15, 0.2) is 5.69 Å². The van der Waals surface area contributed by atoms with Gasteiger partial charge in [-0.2, -0.15) is 0 Å². The van der Waals surface area contributed by atoms with Gasteiger partial charge in [0.2, 0.25) is 5.95 Å². The Kier molecular flexibility index (Phi) is 4.65. The van der Waals surface area contributed by atoms with E-state index in [-0.39, 0.29) is 5.56 Å². The van der Waals surface area contributed by atoms with Gasteiger partial charge in [-0.25, -0.2) is 0 Å². The number of nitrogens with zero attached hydrogens (tertiary/aromatic N) is 2. The molecule has 21 heavy (non-hydrogen) atoms. The molecule has 1 aliphatic rings. The minimum Gasteiger partial charge on any atom is -0.352 e. The molecular weight excluding hydrogens is 284 g/mol. The standard InChI is InChI=1S/C15H20N4OS/c20-14-13(12-9-6-10-21-12)18-19-15(17-14)16-11-7-4-2-1-3-5-8-11/h6,9-11H,1-5,7-8H2,(H2,16,17,19,20). The minimum atomic E-state index is -0.180. The van der Waals surface area contributed by atoms with Gasteiger partial charge >= 0.3 is 0 Å². The number of aromatic amines is 1. The highest BCUT2D eigenvalue weighted by atomic mass is 32.1. The summed E-state index contributed by atoms with van der Waals surface area (Å²) in [4.78, 5) is 15.8. The molecule has 0 bridgehead atoms. The lowest BCUT2D eigenvalue weighted by Gasteiger charge is -2.20. The first-order valence-corrected chi connectivity index (χ1v) is 8.48. The second-order valence-corrected chi connectivity index (χ2v) is 6.46. The molecule has 1 fully saturated rings. The maximum Gasteiger partial charge on any atom is 0.279 e. The summed E-state index contributed by atoms with van der Waals surface area (Å²) in [6, 6.07) is 4.18. The predicted molar refractivity (Wildman–Crippen MR) is 85.7 cm³/mol. The number of nitrogens with one attached hydrogen (secondary N) is 2. The smallest absolute Gasteiger partial charge is 0.279 e. The highest BCUT2D eigenvalue weighted by molar-refractivity contribution is 7.13. The van der Waals surface area contributed by atoms with E-state index < -0.39 is 0 Å². The Morgan fingerprint density at radius 1 is 1.14 bits per heavy atom. The van der Waals surface area contributed by atoms with Gasteiger partial charge in [-0.05, 0) is 24.3 Å². The highest BCUT2D eigenvalue weighted by Crippen LogP contribution is 2.20. The van der Waals surface area contributed by atoms with Crippen molar-refractivity contribution >= 4 is 17.3 Å². The first kappa shape index (κ1) is 14.3. The van der Waals surface area contributed by atoms with Crippen LogP contribution in [0.3, 0.4) is 0 Å². The van der Waals surface area contributed by atoms with E-state index in [4.69, 9.17) is 0 Å². The Labute approximate surface area is 127 Å². The Morgan fingerprint density at radius 3 is 2.57 bits per heavy atom. The van der Waals surface area contributed by atoms with Crippen LogP contribution < -0.4 is 10.9 Å². The van der Waals surface area contributed by atoms with Crippen molar-refractivity contribution in [1.82, 2.24) is 15.2 Å². The summed E-state index contributed by atoms with van der Waals surface area (Å²) >= 11 is 1.49. The molecule has 0 unspecified atom stereocenters. The van der Waals surface area contributed by atoms with Crippen LogP contribution in [0, 0.1) is 0 Å². The monoisotopic (exact) mass is 304 g/mol. The van der Waals surface area contributed by atoms with Crippen molar-refractivity contribution in [2.45, 2.75) is 51.0 Å². The minimum absolute atomic E-state index is 0.180. The van der Waals surface area contributed by atoms with E-state index >= 15 is 0 Å². The molecule has 2 heterocycles. The average Bonchev–Trinajstić information content (AvgIpc) is 2.96. The van der Waals surface area contributed by atoms with Crippen LogP contribution in [0.4, 0.5) is 5.95 Å². The Hall–Kier alpha value is -1.69. The molecule has 0 atom stereocenters. The van der Waals surface area contributed by atoms with Crippen LogP contribution in [0.25, 0.3) is 10.6 Å². The zero-order valence-electron chi connectivity index (χ0n) is 12.0. The van der Waals surface area contributed by atoms with Crippen molar-refractivity contribution in [3.63, 3.8) is 0 Å². The van der Waals surface area contributed by atoms with Gasteiger partial charge in [-0.1, -0.05) is 38.2 Å². The molecule has 2 aromatic heterocycles. The Balaban J connectivity index is 1.71. The third-order valence-electron chi connectivity index (χ3n) is 3.90. The Morgan fingerprint density at radius 2 is 1.90 bits per heavy atom. The highest BCUT2D eigenvalue weighted by Gasteiger charge is 2.14. The second kappa shape index (κ2) is 6.85. The molecule has 0 spiro atoms. The molecule has 6 heteroatoms. The van der Waals surface area contributed by atoms with Crippen LogP contribution in [-0.2, 0) is 0 Å². The SMILES string of the molecule is O=c1[nH]c(NC2CCCCCCC2)nnc1-c1cccs1. The largest absolute Gasteiger partial charge is 0.352 e. The van der Waals surface area contributed by atoms with Gasteiger partial charge in [0.25, 0.3) is 5.56 Å². The molecule has 0 radical (unpaired) electrons. The van der Waals surface area contributed by atoms with Gasteiger partial charge in [-0.15, -0.1) is 21.5 Å². The normalized spacial score (nSPS) is 17.1. The molecule has 2 N–H and O–H groups in total. The van der Waals surface area contributed by atoms with E-state index in [2.05, 4.69) is 20.5 Å². The van der Waals surface area contributed by atoms with Crippen LogP contribution >= 0.6 is 11.3 Å². The van der Waals surface area contributed by atoms with Gasteiger partial charge in [0.1, 0.15) is 0 Å². The summed E-state index contributed by atoms with van der Waals surface area (Å²) in [5.74, 6) is 0.492. The lowest BCUT2D eigenvalue weighted by Crippen LogP contribution is -2.25. The lowest BCUT2D eigenvalue weighted by atomic mass is 9.97. The van der Waals surface area contributed by atoms with E-state index in [1.165, 1.54) is 43.4 Å². The number of anilines is 1. The zero-order chi connectivity index (χ0) is 14.5. The third kappa shape index (κ3) is 3.69. The maximum atomic E-state index is 12.1. The van der Waals surface area contributed by atoms with Gasteiger partial charge in [-0.3, -0.25) is 9.78 Å². The predicted octanol–water partition coefficient (Wildman–Crippen LogP) is 3.42. The summed E-state index contributed by atoms with van der Waals surface area (Å²) < 4.78 is 0. The van der Waals surface area contributed by atoms with Crippen molar-refractivity contribution in [2.24, 2.45) is 0 Å². The number of hydrogen-bond donors (Lipinski definition) is 2. The molecule has 112 valence electrons. The topological polar surface area (TPSA) is 70.7 Å². The molecule has 0 aromatic carbocycles. The van der Waals surface area contributed by atoms with Crippen molar-refractivity contribution < 1.29 is 0 Å². The third-order valence-corrected chi connectivity index (χ3v) is 4.77. The fourth-order valence-electron chi connectivity index (χ4n) is 2.77. The molecule has 0 amide bonds. The summed E-state index contributed by atoms with van der Waals surface area (Å²) in [5, 5.41) is 13.5. The van der Waals surface area contributed by atoms with Gasteiger partial charge < -0.3 is 5.32 Å². The van der Waals surface area contributed by atoms with Gasteiger partial charge in [0, 0.05) is 6.04 Å². The molecule has 0 aliphatic heterocycles. The fraction of sp³-hybridized carbons (Fsp3) is 0.533. The Bertz CT molecular complexity index is 615. The van der Waals surface area contributed by atoms with Crippen molar-refractivity contribution in [3.8, 4) is 10.6 Å². The average molecular weight is 304 g/mol. The zero-order valence-corrected chi connectivity index (χ0v) is 12.8. The van der Waals surface area contributed by atoms with E-state index in [1.807, 2.05) is 17.5 Å². The van der Waals surface area contributed by atoms with E-state index in [9.17, 15) is 4.79 Å². The number of H-pyrrole nitrogens is 1. The molecule has 1 saturated carbocycles. The molecule has 0 saturated heterocycles.